The number of benzene rings is 1. The normalized spacial score (nSPS) is 15.6. The minimum Gasteiger partial charge on any atom is -0.486 e. The molecule has 0 aliphatic carbocycles. The van der Waals surface area contributed by atoms with Crippen molar-refractivity contribution in [3.05, 3.63) is 23.8 Å². The molecule has 1 aromatic carbocycles. The summed E-state index contributed by atoms with van der Waals surface area (Å²) >= 11 is 1.86. The van der Waals surface area contributed by atoms with Crippen LogP contribution in [-0.2, 0) is 0 Å². The fraction of sp³-hybridized carbons (Fsp3) is 0.500. The van der Waals surface area contributed by atoms with Gasteiger partial charge in [0.1, 0.15) is 13.2 Å². The molecule has 4 nitrogen and oxygen atoms in total. The van der Waals surface area contributed by atoms with Crippen LogP contribution < -0.4 is 20.7 Å². The Morgan fingerprint density at radius 2 is 2.12 bits per heavy atom. The number of nitrogens with two attached hydrogens (primary N) is 1. The maximum Gasteiger partial charge on any atom is 0.161 e. The Hall–Kier alpha value is -0.910. The number of fused-ring (bicyclic) bond motifs is 1. The van der Waals surface area contributed by atoms with Crippen LogP contribution >= 0.6 is 11.8 Å². The Morgan fingerprint density at radius 1 is 1.35 bits per heavy atom. The highest BCUT2D eigenvalue weighted by Gasteiger charge is 2.15. The maximum absolute atomic E-state index is 5.59. The Morgan fingerprint density at radius 3 is 2.82 bits per heavy atom. The highest BCUT2D eigenvalue weighted by atomic mass is 32.2. The quantitative estimate of drug-likeness (QED) is 0.619. The minimum absolute atomic E-state index is 0.149. The van der Waals surface area contributed by atoms with Crippen LogP contribution in [0.1, 0.15) is 18.5 Å². The molecule has 0 radical (unpaired) electrons. The van der Waals surface area contributed by atoms with Gasteiger partial charge in [0.25, 0.3) is 0 Å². The van der Waals surface area contributed by atoms with E-state index in [4.69, 9.17) is 15.3 Å². The summed E-state index contributed by atoms with van der Waals surface area (Å²) < 4.78 is 11.1. The standard InChI is InChI=1S/C12H18N2O2S/c1-2-17-8-10(14-13)9-3-4-11-12(7-9)16-6-5-15-11/h3-4,7,10,14H,2,5-6,8,13H2,1H3. The summed E-state index contributed by atoms with van der Waals surface area (Å²) in [4.78, 5) is 0. The van der Waals surface area contributed by atoms with Crippen molar-refractivity contribution < 1.29 is 9.47 Å². The molecule has 1 aliphatic rings. The van der Waals surface area contributed by atoms with Gasteiger partial charge in [-0.1, -0.05) is 13.0 Å². The van der Waals surface area contributed by atoms with Gasteiger partial charge in [0, 0.05) is 5.75 Å². The molecule has 0 bridgehead atoms. The second-order valence-corrected chi connectivity index (χ2v) is 5.10. The molecule has 2 rings (SSSR count). The molecule has 1 atom stereocenters. The first kappa shape index (κ1) is 12.5. The number of hydrazine groups is 1. The smallest absolute Gasteiger partial charge is 0.161 e. The molecule has 1 aliphatic heterocycles. The molecule has 94 valence electrons. The van der Waals surface area contributed by atoms with E-state index in [0.29, 0.717) is 13.2 Å². The van der Waals surface area contributed by atoms with E-state index < -0.39 is 0 Å². The molecule has 17 heavy (non-hydrogen) atoms. The minimum atomic E-state index is 0.149. The van der Waals surface area contributed by atoms with Gasteiger partial charge in [0.2, 0.25) is 0 Å². The summed E-state index contributed by atoms with van der Waals surface area (Å²) in [6.45, 7) is 3.37. The predicted octanol–water partition coefficient (Wildman–Crippen LogP) is 1.72. The predicted molar refractivity (Wildman–Crippen MR) is 70.5 cm³/mol. The molecule has 0 spiro atoms. The lowest BCUT2D eigenvalue weighted by atomic mass is 10.1. The van der Waals surface area contributed by atoms with Gasteiger partial charge in [-0.25, -0.2) is 0 Å². The molecule has 0 amide bonds. The zero-order valence-corrected chi connectivity index (χ0v) is 10.8. The fourth-order valence-corrected chi connectivity index (χ4v) is 2.51. The lowest BCUT2D eigenvalue weighted by Crippen LogP contribution is -2.30. The summed E-state index contributed by atoms with van der Waals surface area (Å²) in [6, 6.07) is 6.14. The highest BCUT2D eigenvalue weighted by Crippen LogP contribution is 2.33. The first-order valence-corrected chi connectivity index (χ1v) is 6.94. The van der Waals surface area contributed by atoms with Gasteiger partial charge in [-0.3, -0.25) is 11.3 Å². The van der Waals surface area contributed by atoms with E-state index >= 15 is 0 Å². The van der Waals surface area contributed by atoms with Crippen molar-refractivity contribution in [1.29, 1.82) is 0 Å². The van der Waals surface area contributed by atoms with Crippen molar-refractivity contribution in [2.75, 3.05) is 24.7 Å². The zero-order valence-electron chi connectivity index (χ0n) is 9.94. The molecule has 0 fully saturated rings. The van der Waals surface area contributed by atoms with Crippen molar-refractivity contribution in [3.63, 3.8) is 0 Å². The lowest BCUT2D eigenvalue weighted by molar-refractivity contribution is 0.171. The number of rotatable bonds is 5. The van der Waals surface area contributed by atoms with Crippen molar-refractivity contribution in [2.45, 2.75) is 13.0 Å². The van der Waals surface area contributed by atoms with Crippen molar-refractivity contribution >= 4 is 11.8 Å². The number of thioether (sulfide) groups is 1. The first-order chi connectivity index (χ1) is 8.35. The molecule has 3 N–H and O–H groups in total. The van der Waals surface area contributed by atoms with E-state index in [0.717, 1.165) is 28.6 Å². The third-order valence-electron chi connectivity index (χ3n) is 2.66. The van der Waals surface area contributed by atoms with E-state index in [1.54, 1.807) is 0 Å². The van der Waals surface area contributed by atoms with Gasteiger partial charge in [0.15, 0.2) is 11.5 Å². The molecular formula is C12H18N2O2S. The molecule has 0 aromatic heterocycles. The van der Waals surface area contributed by atoms with E-state index in [-0.39, 0.29) is 6.04 Å². The summed E-state index contributed by atoms with van der Waals surface area (Å²) in [5, 5.41) is 0. The number of hydrogen-bond donors (Lipinski definition) is 2. The number of ether oxygens (including phenoxy) is 2. The topological polar surface area (TPSA) is 56.5 Å². The van der Waals surface area contributed by atoms with Gasteiger partial charge in [0.05, 0.1) is 6.04 Å². The van der Waals surface area contributed by atoms with E-state index in [1.165, 1.54) is 0 Å². The van der Waals surface area contributed by atoms with Crippen LogP contribution in [0.2, 0.25) is 0 Å². The van der Waals surface area contributed by atoms with Gasteiger partial charge in [-0.05, 0) is 23.4 Å². The van der Waals surface area contributed by atoms with Crippen LogP contribution in [0.25, 0.3) is 0 Å². The van der Waals surface area contributed by atoms with Crippen molar-refractivity contribution in [2.24, 2.45) is 5.84 Å². The SMILES string of the molecule is CCSCC(NN)c1ccc2c(c1)OCCO2. The third kappa shape index (κ3) is 3.06. The average molecular weight is 254 g/mol. The van der Waals surface area contributed by atoms with Gasteiger partial charge in [-0.2, -0.15) is 11.8 Å². The van der Waals surface area contributed by atoms with Gasteiger partial charge >= 0.3 is 0 Å². The van der Waals surface area contributed by atoms with Crippen LogP contribution in [0.5, 0.6) is 11.5 Å². The molecular weight excluding hydrogens is 236 g/mol. The molecule has 1 aromatic rings. The second-order valence-electron chi connectivity index (χ2n) is 3.78. The summed E-state index contributed by atoms with van der Waals surface area (Å²) in [5.41, 5.74) is 3.98. The summed E-state index contributed by atoms with van der Waals surface area (Å²) in [7, 11) is 0. The Kier molecular flexibility index (Phi) is 4.53. The van der Waals surface area contributed by atoms with Crippen LogP contribution in [0.3, 0.4) is 0 Å². The zero-order chi connectivity index (χ0) is 12.1. The number of nitrogens with one attached hydrogen (secondary N) is 1. The maximum atomic E-state index is 5.59. The molecule has 1 unspecified atom stereocenters. The fourth-order valence-electron chi connectivity index (χ4n) is 1.75. The molecule has 0 saturated heterocycles. The lowest BCUT2D eigenvalue weighted by Gasteiger charge is -2.21. The van der Waals surface area contributed by atoms with Crippen LogP contribution in [0.15, 0.2) is 18.2 Å². The second kappa shape index (κ2) is 6.14. The monoisotopic (exact) mass is 254 g/mol. The molecule has 5 heteroatoms. The van der Waals surface area contributed by atoms with Crippen LogP contribution in [0, 0.1) is 0 Å². The summed E-state index contributed by atoms with van der Waals surface area (Å²) in [5.74, 6) is 9.26. The largest absolute Gasteiger partial charge is 0.486 e. The Balaban J connectivity index is 2.13. The van der Waals surface area contributed by atoms with Crippen molar-refractivity contribution in [1.82, 2.24) is 5.43 Å². The number of hydrogen-bond acceptors (Lipinski definition) is 5. The highest BCUT2D eigenvalue weighted by molar-refractivity contribution is 7.99. The molecule has 1 heterocycles. The van der Waals surface area contributed by atoms with E-state index in [2.05, 4.69) is 12.3 Å². The van der Waals surface area contributed by atoms with Gasteiger partial charge in [-0.15, -0.1) is 0 Å². The van der Waals surface area contributed by atoms with Gasteiger partial charge < -0.3 is 9.47 Å². The Labute approximate surface area is 106 Å². The third-order valence-corrected chi connectivity index (χ3v) is 3.64. The summed E-state index contributed by atoms with van der Waals surface area (Å²) in [6.07, 6.45) is 0. The van der Waals surface area contributed by atoms with Crippen molar-refractivity contribution in [3.8, 4) is 11.5 Å². The van der Waals surface area contributed by atoms with E-state index in [9.17, 15) is 0 Å². The Bertz CT molecular complexity index is 374. The van der Waals surface area contributed by atoms with Crippen LogP contribution in [-0.4, -0.2) is 24.7 Å². The molecule has 0 saturated carbocycles. The average Bonchev–Trinajstić information content (AvgIpc) is 2.39. The van der Waals surface area contributed by atoms with Crippen LogP contribution in [0.4, 0.5) is 0 Å². The van der Waals surface area contributed by atoms with E-state index in [1.807, 2.05) is 30.0 Å². The first-order valence-electron chi connectivity index (χ1n) is 5.78.